The summed E-state index contributed by atoms with van der Waals surface area (Å²) in [4.78, 5) is 2.90. The molecule has 0 bridgehead atoms. The lowest BCUT2D eigenvalue weighted by atomic mass is 10.2. The maximum atomic E-state index is 9.11. The Morgan fingerprint density at radius 1 is 1.42 bits per heavy atom. The predicted molar refractivity (Wildman–Crippen MR) is 44.7 cm³/mol. The number of nitrogens with zero attached hydrogens (tertiary/aromatic N) is 1. The summed E-state index contributed by atoms with van der Waals surface area (Å²) >= 11 is 0. The molecule has 0 unspecified atom stereocenters. The normalized spacial score (nSPS) is 9.92. The SMILES string of the molecule is N#Cc1c[nH]c2cc(O)ccc12. The van der Waals surface area contributed by atoms with Crippen molar-refractivity contribution in [3.05, 3.63) is 30.0 Å². The van der Waals surface area contributed by atoms with Gasteiger partial charge >= 0.3 is 0 Å². The zero-order chi connectivity index (χ0) is 8.55. The Bertz CT molecular complexity index is 465. The highest BCUT2D eigenvalue weighted by molar-refractivity contribution is 5.86. The summed E-state index contributed by atoms with van der Waals surface area (Å²) in [6.45, 7) is 0. The number of aromatic hydroxyl groups is 1. The van der Waals surface area contributed by atoms with Crippen LogP contribution in [-0.2, 0) is 0 Å². The zero-order valence-electron chi connectivity index (χ0n) is 6.20. The lowest BCUT2D eigenvalue weighted by molar-refractivity contribution is 0.476. The van der Waals surface area contributed by atoms with Crippen molar-refractivity contribution in [1.82, 2.24) is 4.98 Å². The van der Waals surface area contributed by atoms with Crippen LogP contribution in [0.1, 0.15) is 5.56 Å². The third-order valence-electron chi connectivity index (χ3n) is 1.79. The molecule has 0 radical (unpaired) electrons. The molecular formula is C9H6N2O. The first-order valence-corrected chi connectivity index (χ1v) is 3.51. The van der Waals surface area contributed by atoms with Gasteiger partial charge in [0.2, 0.25) is 0 Å². The van der Waals surface area contributed by atoms with Crippen LogP contribution in [0.4, 0.5) is 0 Å². The third kappa shape index (κ3) is 0.823. The number of aromatic amines is 1. The fourth-order valence-corrected chi connectivity index (χ4v) is 1.21. The lowest BCUT2D eigenvalue weighted by Crippen LogP contribution is -1.69. The van der Waals surface area contributed by atoms with Crippen molar-refractivity contribution in [2.24, 2.45) is 0 Å². The standard InChI is InChI=1S/C9H6N2O/c10-4-6-5-11-9-3-7(12)1-2-8(6)9/h1-3,5,11-12H. The van der Waals surface area contributed by atoms with Gasteiger partial charge in [0, 0.05) is 17.6 Å². The molecule has 2 rings (SSSR count). The molecule has 1 aromatic heterocycles. The average molecular weight is 158 g/mol. The van der Waals surface area contributed by atoms with Crippen LogP contribution in [0.15, 0.2) is 24.4 Å². The van der Waals surface area contributed by atoms with E-state index in [1.807, 2.05) is 0 Å². The summed E-state index contributed by atoms with van der Waals surface area (Å²) in [6, 6.07) is 6.94. The number of nitriles is 1. The van der Waals surface area contributed by atoms with E-state index in [1.54, 1.807) is 24.4 Å². The van der Waals surface area contributed by atoms with E-state index in [4.69, 9.17) is 10.4 Å². The number of H-pyrrole nitrogens is 1. The minimum absolute atomic E-state index is 0.203. The van der Waals surface area contributed by atoms with Gasteiger partial charge in [0.1, 0.15) is 11.8 Å². The van der Waals surface area contributed by atoms with Crippen molar-refractivity contribution in [1.29, 1.82) is 5.26 Å². The van der Waals surface area contributed by atoms with Gasteiger partial charge in [-0.15, -0.1) is 0 Å². The van der Waals surface area contributed by atoms with Crippen LogP contribution in [0.2, 0.25) is 0 Å². The number of aromatic nitrogens is 1. The molecule has 0 fully saturated rings. The third-order valence-corrected chi connectivity index (χ3v) is 1.79. The Morgan fingerprint density at radius 2 is 2.25 bits per heavy atom. The molecule has 0 aliphatic rings. The number of benzene rings is 1. The number of nitrogens with one attached hydrogen (secondary N) is 1. The molecule has 2 N–H and O–H groups in total. The van der Waals surface area contributed by atoms with Crippen molar-refractivity contribution >= 4 is 10.9 Å². The molecule has 58 valence electrons. The van der Waals surface area contributed by atoms with Gasteiger partial charge in [-0.05, 0) is 12.1 Å². The van der Waals surface area contributed by atoms with Gasteiger partial charge in [0.15, 0.2) is 0 Å². The number of rotatable bonds is 0. The van der Waals surface area contributed by atoms with E-state index < -0.39 is 0 Å². The highest BCUT2D eigenvalue weighted by atomic mass is 16.3. The molecule has 0 atom stereocenters. The van der Waals surface area contributed by atoms with Crippen LogP contribution < -0.4 is 0 Å². The highest BCUT2D eigenvalue weighted by Gasteiger charge is 2.01. The molecular weight excluding hydrogens is 152 g/mol. The first kappa shape index (κ1) is 6.74. The molecule has 0 aliphatic carbocycles. The zero-order valence-corrected chi connectivity index (χ0v) is 6.20. The van der Waals surface area contributed by atoms with Crippen LogP contribution in [0.25, 0.3) is 10.9 Å². The Kier molecular flexibility index (Phi) is 1.28. The minimum atomic E-state index is 0.203. The van der Waals surface area contributed by atoms with Gasteiger partial charge in [-0.1, -0.05) is 0 Å². The number of phenolic OH excluding ortho intramolecular Hbond substituents is 1. The van der Waals surface area contributed by atoms with Crippen LogP contribution in [-0.4, -0.2) is 10.1 Å². The molecule has 0 spiro atoms. The van der Waals surface area contributed by atoms with Crippen molar-refractivity contribution in [3.63, 3.8) is 0 Å². The maximum absolute atomic E-state index is 9.11. The summed E-state index contributed by atoms with van der Waals surface area (Å²) in [7, 11) is 0. The van der Waals surface area contributed by atoms with Crippen LogP contribution in [0, 0.1) is 11.3 Å². The summed E-state index contributed by atoms with van der Waals surface area (Å²) < 4.78 is 0. The van der Waals surface area contributed by atoms with Crippen molar-refractivity contribution in [2.75, 3.05) is 0 Å². The molecule has 3 heteroatoms. The Balaban J connectivity index is 2.84. The molecule has 3 nitrogen and oxygen atoms in total. The van der Waals surface area contributed by atoms with E-state index in [2.05, 4.69) is 11.1 Å². The Labute approximate surface area is 68.9 Å². The van der Waals surface area contributed by atoms with Crippen molar-refractivity contribution in [2.45, 2.75) is 0 Å². The topological polar surface area (TPSA) is 59.8 Å². The van der Waals surface area contributed by atoms with E-state index in [9.17, 15) is 0 Å². The summed E-state index contributed by atoms with van der Waals surface area (Å²) in [5, 5.41) is 18.6. The molecule has 1 aromatic carbocycles. The fraction of sp³-hybridized carbons (Fsp3) is 0. The monoisotopic (exact) mass is 158 g/mol. The number of phenols is 1. The largest absolute Gasteiger partial charge is 0.508 e. The van der Waals surface area contributed by atoms with E-state index in [0.29, 0.717) is 5.56 Å². The van der Waals surface area contributed by atoms with Crippen molar-refractivity contribution < 1.29 is 5.11 Å². The minimum Gasteiger partial charge on any atom is -0.508 e. The smallest absolute Gasteiger partial charge is 0.117 e. The van der Waals surface area contributed by atoms with E-state index in [0.717, 1.165) is 10.9 Å². The van der Waals surface area contributed by atoms with Gasteiger partial charge in [-0.25, -0.2) is 0 Å². The second kappa shape index (κ2) is 2.28. The van der Waals surface area contributed by atoms with Crippen molar-refractivity contribution in [3.8, 4) is 11.8 Å². The molecule has 0 saturated carbocycles. The maximum Gasteiger partial charge on any atom is 0.117 e. The van der Waals surface area contributed by atoms with Crippen LogP contribution >= 0.6 is 0 Å². The van der Waals surface area contributed by atoms with Gasteiger partial charge < -0.3 is 10.1 Å². The molecule has 0 saturated heterocycles. The van der Waals surface area contributed by atoms with E-state index in [1.165, 1.54) is 0 Å². The average Bonchev–Trinajstić information content (AvgIpc) is 2.46. The van der Waals surface area contributed by atoms with Crippen LogP contribution in [0.5, 0.6) is 5.75 Å². The molecule has 1 heterocycles. The van der Waals surface area contributed by atoms with Gasteiger partial charge in [0.05, 0.1) is 11.1 Å². The summed E-state index contributed by atoms with van der Waals surface area (Å²) in [6.07, 6.45) is 1.63. The quantitative estimate of drug-likeness (QED) is 0.613. The van der Waals surface area contributed by atoms with E-state index >= 15 is 0 Å². The van der Waals surface area contributed by atoms with Gasteiger partial charge in [-0.3, -0.25) is 0 Å². The second-order valence-corrected chi connectivity index (χ2v) is 2.54. The number of hydrogen-bond acceptors (Lipinski definition) is 2. The second-order valence-electron chi connectivity index (χ2n) is 2.54. The lowest BCUT2D eigenvalue weighted by Gasteiger charge is -1.91. The predicted octanol–water partition coefficient (Wildman–Crippen LogP) is 1.75. The number of hydrogen-bond donors (Lipinski definition) is 2. The molecule has 12 heavy (non-hydrogen) atoms. The van der Waals surface area contributed by atoms with E-state index in [-0.39, 0.29) is 5.75 Å². The van der Waals surface area contributed by atoms with Gasteiger partial charge in [0.25, 0.3) is 0 Å². The fourth-order valence-electron chi connectivity index (χ4n) is 1.21. The summed E-state index contributed by atoms with van der Waals surface area (Å²) in [5.41, 5.74) is 1.39. The number of fused-ring (bicyclic) bond motifs is 1. The molecule has 0 amide bonds. The van der Waals surface area contributed by atoms with Gasteiger partial charge in [-0.2, -0.15) is 5.26 Å². The first-order valence-electron chi connectivity index (χ1n) is 3.51. The highest BCUT2D eigenvalue weighted by Crippen LogP contribution is 2.21. The van der Waals surface area contributed by atoms with Crippen LogP contribution in [0.3, 0.4) is 0 Å². The Hall–Kier alpha value is -1.95. The first-order chi connectivity index (χ1) is 5.81. The molecule has 2 aromatic rings. The summed E-state index contributed by atoms with van der Waals surface area (Å²) in [5.74, 6) is 0.203. The molecule has 0 aliphatic heterocycles. The Morgan fingerprint density at radius 3 is 3.00 bits per heavy atom.